The first kappa shape index (κ1) is 18.8. The number of Topliss-reactive ketones (excluding diaryl/α,β-unsaturated/α-hetero) is 1. The third-order valence-electron chi connectivity index (χ3n) is 3.78. The summed E-state index contributed by atoms with van der Waals surface area (Å²) in [6, 6.07) is 10.4. The van der Waals surface area contributed by atoms with E-state index in [1.807, 2.05) is 22.9 Å². The lowest BCUT2D eigenvalue weighted by Crippen LogP contribution is -2.28. The zero-order chi connectivity index (χ0) is 19.4. The van der Waals surface area contributed by atoms with Crippen LogP contribution < -0.4 is 10.1 Å². The van der Waals surface area contributed by atoms with Crippen LogP contribution in [0, 0.1) is 24.2 Å². The van der Waals surface area contributed by atoms with E-state index in [1.54, 1.807) is 31.2 Å². The number of rotatable bonds is 6. The van der Waals surface area contributed by atoms with Gasteiger partial charge < -0.3 is 10.1 Å². The zero-order valence-corrected chi connectivity index (χ0v) is 16.2. The van der Waals surface area contributed by atoms with E-state index >= 15 is 0 Å². The van der Waals surface area contributed by atoms with Gasteiger partial charge in [0.1, 0.15) is 10.8 Å². The number of methoxy groups -OCH3 is 1. The quantitative estimate of drug-likeness (QED) is 0.498. The molecule has 0 bridgehead atoms. The Kier molecular flexibility index (Phi) is 5.64. The van der Waals surface area contributed by atoms with Crippen molar-refractivity contribution < 1.29 is 14.3 Å². The second kappa shape index (κ2) is 8.12. The Morgan fingerprint density at radius 1 is 1.33 bits per heavy atom. The number of anilines is 1. The zero-order valence-electron chi connectivity index (χ0n) is 14.6. The second-order valence-electron chi connectivity index (χ2n) is 5.59. The van der Waals surface area contributed by atoms with Crippen molar-refractivity contribution in [1.82, 2.24) is 4.98 Å². The van der Waals surface area contributed by atoms with Gasteiger partial charge in [-0.2, -0.15) is 16.6 Å². The van der Waals surface area contributed by atoms with Crippen molar-refractivity contribution in [3.63, 3.8) is 0 Å². The third kappa shape index (κ3) is 4.05. The fourth-order valence-corrected chi connectivity index (χ4v) is 4.17. The van der Waals surface area contributed by atoms with Crippen LogP contribution in [0.15, 0.2) is 41.1 Å². The number of benzene rings is 1. The molecule has 1 atom stereocenters. The molecule has 0 saturated carbocycles. The maximum atomic E-state index is 12.8. The van der Waals surface area contributed by atoms with Gasteiger partial charge in [0.15, 0.2) is 5.92 Å². The standard InChI is InChI=1S/C19H15N3O3S2/c1-11-17(27-19(21-11)12-6-7-26-10-12)16(23)15(9-20)18(24)22-13-4-3-5-14(8-13)25-2/h3-8,10,15H,1-2H3,(H,22,24). The SMILES string of the molecule is COc1cccc(NC(=O)C(C#N)C(=O)c2sc(-c3ccsc3)nc2C)c1. The molecule has 136 valence electrons. The largest absolute Gasteiger partial charge is 0.497 e. The molecule has 0 aliphatic heterocycles. The number of carbonyl (C=O) groups excluding carboxylic acids is 2. The van der Waals surface area contributed by atoms with E-state index in [0.29, 0.717) is 27.0 Å². The molecule has 1 N–H and O–H groups in total. The maximum absolute atomic E-state index is 12.8. The van der Waals surface area contributed by atoms with Crippen LogP contribution in [-0.2, 0) is 4.79 Å². The Balaban J connectivity index is 1.82. The van der Waals surface area contributed by atoms with Crippen LogP contribution in [-0.4, -0.2) is 23.8 Å². The van der Waals surface area contributed by atoms with Gasteiger partial charge in [-0.1, -0.05) is 6.07 Å². The molecule has 0 saturated heterocycles. The number of carbonyl (C=O) groups is 2. The third-order valence-corrected chi connectivity index (χ3v) is 5.68. The van der Waals surface area contributed by atoms with E-state index in [4.69, 9.17) is 4.74 Å². The van der Waals surface area contributed by atoms with Gasteiger partial charge in [0, 0.05) is 22.7 Å². The van der Waals surface area contributed by atoms with Crippen molar-refractivity contribution in [2.75, 3.05) is 12.4 Å². The number of hydrogen-bond donors (Lipinski definition) is 1. The maximum Gasteiger partial charge on any atom is 0.249 e. The number of hydrogen-bond acceptors (Lipinski definition) is 7. The molecule has 6 nitrogen and oxygen atoms in total. The lowest BCUT2D eigenvalue weighted by Gasteiger charge is -2.10. The summed E-state index contributed by atoms with van der Waals surface area (Å²) in [5, 5.41) is 16.6. The van der Waals surface area contributed by atoms with Gasteiger partial charge in [-0.05, 0) is 30.5 Å². The van der Waals surface area contributed by atoms with Crippen molar-refractivity contribution >= 4 is 40.1 Å². The van der Waals surface area contributed by atoms with Crippen molar-refractivity contribution in [3.05, 3.63) is 51.7 Å². The molecule has 2 heterocycles. The minimum atomic E-state index is -1.45. The van der Waals surface area contributed by atoms with Crippen LogP contribution in [0.4, 0.5) is 5.69 Å². The number of nitriles is 1. The first-order valence-electron chi connectivity index (χ1n) is 7.92. The molecule has 27 heavy (non-hydrogen) atoms. The Morgan fingerprint density at radius 3 is 2.81 bits per heavy atom. The number of thiazole rings is 1. The lowest BCUT2D eigenvalue weighted by atomic mass is 10.0. The highest BCUT2D eigenvalue weighted by molar-refractivity contribution is 7.17. The molecule has 1 amide bonds. The van der Waals surface area contributed by atoms with Crippen molar-refractivity contribution in [2.24, 2.45) is 5.92 Å². The molecule has 0 spiro atoms. The van der Waals surface area contributed by atoms with E-state index in [9.17, 15) is 14.9 Å². The molecule has 0 aliphatic carbocycles. The van der Waals surface area contributed by atoms with Gasteiger partial charge in [0.2, 0.25) is 11.7 Å². The summed E-state index contributed by atoms with van der Waals surface area (Å²) < 4.78 is 5.10. The number of nitrogens with zero attached hydrogens (tertiary/aromatic N) is 2. The molecule has 0 aliphatic rings. The summed E-state index contributed by atoms with van der Waals surface area (Å²) in [7, 11) is 1.51. The van der Waals surface area contributed by atoms with Crippen LogP contribution in [0.2, 0.25) is 0 Å². The number of aryl methyl sites for hydroxylation is 1. The number of ether oxygens (including phenoxy) is 1. The van der Waals surface area contributed by atoms with Gasteiger partial charge >= 0.3 is 0 Å². The number of ketones is 1. The summed E-state index contributed by atoms with van der Waals surface area (Å²) in [4.78, 5) is 30.0. The van der Waals surface area contributed by atoms with Crippen molar-refractivity contribution in [1.29, 1.82) is 5.26 Å². The van der Waals surface area contributed by atoms with Gasteiger partial charge in [0.25, 0.3) is 0 Å². The highest BCUT2D eigenvalue weighted by Crippen LogP contribution is 2.31. The molecule has 1 unspecified atom stereocenters. The summed E-state index contributed by atoms with van der Waals surface area (Å²) in [5.74, 6) is -2.12. The van der Waals surface area contributed by atoms with Gasteiger partial charge in [-0.25, -0.2) is 4.98 Å². The van der Waals surface area contributed by atoms with Crippen molar-refractivity contribution in [3.8, 4) is 22.4 Å². The smallest absolute Gasteiger partial charge is 0.249 e. The first-order valence-corrected chi connectivity index (χ1v) is 9.68. The van der Waals surface area contributed by atoms with Gasteiger partial charge in [0.05, 0.1) is 23.8 Å². The van der Waals surface area contributed by atoms with Crippen LogP contribution in [0.1, 0.15) is 15.4 Å². The van der Waals surface area contributed by atoms with E-state index in [-0.39, 0.29) is 0 Å². The predicted molar refractivity (Wildman–Crippen MR) is 105 cm³/mol. The van der Waals surface area contributed by atoms with Crippen LogP contribution in [0.5, 0.6) is 5.75 Å². The van der Waals surface area contributed by atoms with Crippen LogP contribution in [0.25, 0.3) is 10.6 Å². The Labute approximate surface area is 164 Å². The van der Waals surface area contributed by atoms with E-state index in [1.165, 1.54) is 29.8 Å². The van der Waals surface area contributed by atoms with Gasteiger partial charge in [-0.3, -0.25) is 9.59 Å². The number of aromatic nitrogens is 1. The summed E-state index contributed by atoms with van der Waals surface area (Å²) in [5.41, 5.74) is 1.88. The van der Waals surface area contributed by atoms with Crippen LogP contribution >= 0.6 is 22.7 Å². The summed E-state index contributed by atoms with van der Waals surface area (Å²) in [6.45, 7) is 1.70. The Bertz CT molecular complexity index is 1020. The van der Waals surface area contributed by atoms with Crippen molar-refractivity contribution in [2.45, 2.75) is 6.92 Å². The Morgan fingerprint density at radius 2 is 2.15 bits per heavy atom. The van der Waals surface area contributed by atoms with E-state index < -0.39 is 17.6 Å². The topological polar surface area (TPSA) is 92.1 Å². The predicted octanol–water partition coefficient (Wildman–Crippen LogP) is 4.15. The number of thiophene rings is 1. The minimum absolute atomic E-state index is 0.323. The fourth-order valence-electron chi connectivity index (χ4n) is 2.42. The molecule has 0 radical (unpaired) electrons. The second-order valence-corrected chi connectivity index (χ2v) is 7.37. The minimum Gasteiger partial charge on any atom is -0.497 e. The molecular formula is C19H15N3O3S2. The monoisotopic (exact) mass is 397 g/mol. The average Bonchev–Trinajstić information content (AvgIpc) is 3.32. The molecule has 2 aromatic heterocycles. The molecule has 3 aromatic rings. The lowest BCUT2D eigenvalue weighted by molar-refractivity contribution is -0.117. The normalized spacial score (nSPS) is 11.4. The Hall–Kier alpha value is -3.02. The molecule has 8 heteroatoms. The molecule has 0 fully saturated rings. The van der Waals surface area contributed by atoms with E-state index in [2.05, 4.69) is 10.3 Å². The molecule has 1 aromatic carbocycles. The molecular weight excluding hydrogens is 382 g/mol. The fraction of sp³-hybridized carbons (Fsp3) is 0.158. The van der Waals surface area contributed by atoms with E-state index in [0.717, 1.165) is 5.56 Å². The highest BCUT2D eigenvalue weighted by atomic mass is 32.1. The number of amides is 1. The first-order chi connectivity index (χ1) is 13.0. The highest BCUT2D eigenvalue weighted by Gasteiger charge is 2.31. The molecule has 3 rings (SSSR count). The van der Waals surface area contributed by atoms with Gasteiger partial charge in [-0.15, -0.1) is 11.3 Å². The average molecular weight is 397 g/mol. The summed E-state index contributed by atoms with van der Waals surface area (Å²) in [6.07, 6.45) is 0. The number of nitrogens with one attached hydrogen (secondary N) is 1. The van der Waals surface area contributed by atoms with Crippen LogP contribution in [0.3, 0.4) is 0 Å². The summed E-state index contributed by atoms with van der Waals surface area (Å²) >= 11 is 2.73.